The van der Waals surface area contributed by atoms with Crippen LogP contribution in [0, 0.1) is 0 Å². The van der Waals surface area contributed by atoms with Crippen LogP contribution in [0.2, 0.25) is 5.02 Å². The molecule has 3 aromatic rings. The van der Waals surface area contributed by atoms with Gasteiger partial charge in [0.05, 0.1) is 6.26 Å². The summed E-state index contributed by atoms with van der Waals surface area (Å²) in [6.07, 6.45) is 4.38. The number of rotatable bonds is 5. The van der Waals surface area contributed by atoms with Crippen molar-refractivity contribution in [1.82, 2.24) is 20.1 Å². The van der Waals surface area contributed by atoms with Gasteiger partial charge in [0.25, 0.3) is 5.91 Å². The molecule has 2 aromatic heterocycles. The van der Waals surface area contributed by atoms with Gasteiger partial charge in [0.2, 0.25) is 0 Å². The van der Waals surface area contributed by atoms with Crippen LogP contribution in [0.5, 0.6) is 0 Å². The summed E-state index contributed by atoms with van der Waals surface area (Å²) in [5.41, 5.74) is 2.29. The van der Waals surface area contributed by atoms with E-state index in [4.69, 9.17) is 21.0 Å². The number of guanidine groups is 1. The Morgan fingerprint density at radius 3 is 2.77 bits per heavy atom. The van der Waals surface area contributed by atoms with E-state index in [9.17, 15) is 4.79 Å². The van der Waals surface area contributed by atoms with Crippen LogP contribution < -0.4 is 5.32 Å². The van der Waals surface area contributed by atoms with Gasteiger partial charge in [-0.05, 0) is 49.2 Å². The Hall–Kier alpha value is -2.93. The number of H-pyrrole nitrogens is 1. The number of fused-ring (bicyclic) bond motifs is 1. The second kappa shape index (κ2) is 9.26. The van der Waals surface area contributed by atoms with Crippen LogP contribution in [0.4, 0.5) is 0 Å². The minimum atomic E-state index is -0.0559. The predicted molar refractivity (Wildman–Crippen MR) is 119 cm³/mol. The third-order valence-corrected chi connectivity index (χ3v) is 5.54. The quantitative estimate of drug-likeness (QED) is 0.483. The number of carbonyl (C=O) groups excluding carboxylic acids is 1. The van der Waals surface area contributed by atoms with Gasteiger partial charge in [-0.2, -0.15) is 0 Å². The summed E-state index contributed by atoms with van der Waals surface area (Å²) in [6, 6.07) is 9.33. The zero-order valence-corrected chi connectivity index (χ0v) is 17.8. The predicted octanol–water partition coefficient (Wildman–Crippen LogP) is 3.38. The van der Waals surface area contributed by atoms with Gasteiger partial charge in [0, 0.05) is 61.4 Å². The van der Waals surface area contributed by atoms with Crippen molar-refractivity contribution in [2.75, 3.05) is 39.3 Å². The topological polar surface area (TPSA) is 76.9 Å². The number of amides is 1. The fraction of sp³-hybridized carbons (Fsp3) is 0.364. The molecular weight excluding hydrogens is 402 g/mol. The van der Waals surface area contributed by atoms with Crippen molar-refractivity contribution in [2.24, 2.45) is 4.99 Å². The number of hydrogen-bond acceptors (Lipinski definition) is 3. The lowest BCUT2D eigenvalue weighted by atomic mass is 10.1. The van der Waals surface area contributed by atoms with Crippen molar-refractivity contribution in [3.05, 3.63) is 59.1 Å². The molecule has 0 aliphatic carbocycles. The van der Waals surface area contributed by atoms with E-state index in [1.165, 1.54) is 11.8 Å². The third kappa shape index (κ3) is 4.46. The van der Waals surface area contributed by atoms with Gasteiger partial charge in [-0.3, -0.25) is 9.79 Å². The van der Waals surface area contributed by atoms with E-state index >= 15 is 0 Å². The molecule has 0 spiro atoms. The number of piperazine rings is 1. The number of halogens is 1. The molecule has 0 radical (unpaired) electrons. The highest BCUT2D eigenvalue weighted by atomic mass is 35.5. The minimum absolute atomic E-state index is 0.0559. The fourth-order valence-electron chi connectivity index (χ4n) is 3.74. The van der Waals surface area contributed by atoms with Crippen LogP contribution in [0.3, 0.4) is 0 Å². The molecule has 1 aliphatic heterocycles. The number of aromatic amines is 1. The first-order valence-corrected chi connectivity index (χ1v) is 10.6. The summed E-state index contributed by atoms with van der Waals surface area (Å²) >= 11 is 6.15. The standard InChI is InChI=1S/C22H26ClN5O2/c1-2-24-22(25-8-7-16-15-26-19-6-5-17(23)14-18(16)19)28-11-9-27(10-12-28)21(29)20-4-3-13-30-20/h3-6,13-15,26H,2,7-12H2,1H3,(H,24,25). The molecule has 30 heavy (non-hydrogen) atoms. The zero-order valence-electron chi connectivity index (χ0n) is 17.0. The van der Waals surface area contributed by atoms with Crippen molar-refractivity contribution < 1.29 is 9.21 Å². The molecule has 0 unspecified atom stereocenters. The van der Waals surface area contributed by atoms with Gasteiger partial charge in [0.1, 0.15) is 0 Å². The number of nitrogens with zero attached hydrogens (tertiary/aromatic N) is 3. The molecule has 158 valence electrons. The minimum Gasteiger partial charge on any atom is -0.459 e. The molecule has 7 nitrogen and oxygen atoms in total. The Morgan fingerprint density at radius 2 is 2.03 bits per heavy atom. The second-order valence-corrected chi connectivity index (χ2v) is 7.68. The van der Waals surface area contributed by atoms with E-state index in [-0.39, 0.29) is 5.91 Å². The highest BCUT2D eigenvalue weighted by Crippen LogP contribution is 2.22. The lowest BCUT2D eigenvalue weighted by molar-refractivity contribution is 0.0657. The number of nitrogens with one attached hydrogen (secondary N) is 2. The third-order valence-electron chi connectivity index (χ3n) is 5.31. The number of benzene rings is 1. The van der Waals surface area contributed by atoms with Crippen molar-refractivity contribution in [2.45, 2.75) is 13.3 Å². The van der Waals surface area contributed by atoms with E-state index in [0.29, 0.717) is 25.4 Å². The number of hydrogen-bond donors (Lipinski definition) is 2. The number of aliphatic imine (C=N–C) groups is 1. The van der Waals surface area contributed by atoms with Gasteiger partial charge in [-0.1, -0.05) is 11.6 Å². The van der Waals surface area contributed by atoms with Crippen LogP contribution in [0.15, 0.2) is 52.2 Å². The molecule has 8 heteroatoms. The second-order valence-electron chi connectivity index (χ2n) is 7.25. The first-order chi connectivity index (χ1) is 14.7. The van der Waals surface area contributed by atoms with Crippen LogP contribution in [0.25, 0.3) is 10.9 Å². The summed E-state index contributed by atoms with van der Waals surface area (Å²) in [6.45, 7) is 6.30. The highest BCUT2D eigenvalue weighted by Gasteiger charge is 2.25. The Kier molecular flexibility index (Phi) is 6.28. The Morgan fingerprint density at radius 1 is 1.23 bits per heavy atom. The molecule has 1 aromatic carbocycles. The van der Waals surface area contributed by atoms with E-state index < -0.39 is 0 Å². The maximum absolute atomic E-state index is 12.5. The molecule has 0 saturated carbocycles. The molecule has 0 atom stereocenters. The van der Waals surface area contributed by atoms with Gasteiger partial charge >= 0.3 is 0 Å². The van der Waals surface area contributed by atoms with Gasteiger partial charge in [0.15, 0.2) is 11.7 Å². The summed E-state index contributed by atoms with van der Waals surface area (Å²) in [5.74, 6) is 1.22. The molecule has 1 saturated heterocycles. The molecule has 1 fully saturated rings. The molecular formula is C22H26ClN5O2. The summed E-state index contributed by atoms with van der Waals surface area (Å²) in [5, 5.41) is 5.26. The summed E-state index contributed by atoms with van der Waals surface area (Å²) in [7, 11) is 0. The van der Waals surface area contributed by atoms with E-state index in [0.717, 1.165) is 47.9 Å². The van der Waals surface area contributed by atoms with Crippen molar-refractivity contribution >= 4 is 34.4 Å². The molecule has 4 rings (SSSR count). The van der Waals surface area contributed by atoms with E-state index in [1.54, 1.807) is 12.1 Å². The van der Waals surface area contributed by atoms with Gasteiger partial charge in [-0.15, -0.1) is 0 Å². The largest absolute Gasteiger partial charge is 0.459 e. The van der Waals surface area contributed by atoms with Crippen LogP contribution in [0.1, 0.15) is 23.0 Å². The van der Waals surface area contributed by atoms with Gasteiger partial charge in [-0.25, -0.2) is 0 Å². The average Bonchev–Trinajstić information content (AvgIpc) is 3.43. The van der Waals surface area contributed by atoms with Crippen molar-refractivity contribution in [1.29, 1.82) is 0 Å². The first kappa shape index (κ1) is 20.3. The van der Waals surface area contributed by atoms with E-state index in [1.807, 2.05) is 29.3 Å². The van der Waals surface area contributed by atoms with Crippen LogP contribution in [-0.4, -0.2) is 65.9 Å². The Balaban J connectivity index is 1.37. The van der Waals surface area contributed by atoms with Crippen molar-refractivity contribution in [3.63, 3.8) is 0 Å². The van der Waals surface area contributed by atoms with Crippen LogP contribution in [-0.2, 0) is 6.42 Å². The Labute approximate surface area is 180 Å². The Bertz CT molecular complexity index is 1020. The lowest BCUT2D eigenvalue weighted by Crippen LogP contribution is -2.53. The smallest absolute Gasteiger partial charge is 0.289 e. The lowest BCUT2D eigenvalue weighted by Gasteiger charge is -2.36. The molecule has 2 N–H and O–H groups in total. The first-order valence-electron chi connectivity index (χ1n) is 10.3. The monoisotopic (exact) mass is 427 g/mol. The summed E-state index contributed by atoms with van der Waals surface area (Å²) < 4.78 is 5.24. The normalized spacial score (nSPS) is 15.1. The van der Waals surface area contributed by atoms with E-state index in [2.05, 4.69) is 22.1 Å². The number of furan rings is 1. The molecule has 0 bridgehead atoms. The van der Waals surface area contributed by atoms with Crippen molar-refractivity contribution in [3.8, 4) is 0 Å². The maximum Gasteiger partial charge on any atom is 0.289 e. The SMILES string of the molecule is CCNC(=NCCc1c[nH]c2ccc(Cl)cc12)N1CCN(C(=O)c2ccco2)CC1. The number of carbonyl (C=O) groups is 1. The molecule has 1 aliphatic rings. The van der Waals surface area contributed by atoms with Gasteiger partial charge < -0.3 is 24.5 Å². The highest BCUT2D eigenvalue weighted by molar-refractivity contribution is 6.31. The van der Waals surface area contributed by atoms with Crippen LogP contribution >= 0.6 is 11.6 Å². The summed E-state index contributed by atoms with van der Waals surface area (Å²) in [4.78, 5) is 24.6. The molecule has 3 heterocycles. The fourth-order valence-corrected chi connectivity index (χ4v) is 3.92. The average molecular weight is 428 g/mol. The molecule has 1 amide bonds. The number of aromatic nitrogens is 1. The zero-order chi connectivity index (χ0) is 20.9. The maximum atomic E-state index is 12.5.